The minimum absolute atomic E-state index is 0.229. The summed E-state index contributed by atoms with van der Waals surface area (Å²) < 4.78 is 11.4. The van der Waals surface area contributed by atoms with Gasteiger partial charge in [0, 0.05) is 31.7 Å². The average molecular weight is 354 g/mol. The fourth-order valence-electron chi connectivity index (χ4n) is 4.30. The number of hydrogen-bond donors (Lipinski definition) is 1. The first kappa shape index (κ1) is 17.2. The van der Waals surface area contributed by atoms with Crippen LogP contribution in [0.25, 0.3) is 0 Å². The Balaban J connectivity index is 1.24. The van der Waals surface area contributed by atoms with Crippen molar-refractivity contribution in [3.05, 3.63) is 48.3 Å². The van der Waals surface area contributed by atoms with Gasteiger partial charge >= 0.3 is 0 Å². The molecule has 0 amide bonds. The predicted octanol–water partition coefficient (Wildman–Crippen LogP) is 3.13. The number of fused-ring (bicyclic) bond motifs is 1. The Bertz CT molecular complexity index is 703. The second-order valence-corrected chi connectivity index (χ2v) is 7.42. The number of benzene rings is 1. The molecule has 1 saturated heterocycles. The zero-order valence-corrected chi connectivity index (χ0v) is 15.2. The molecule has 5 heteroatoms. The topological polar surface area (TPSA) is 54.8 Å². The van der Waals surface area contributed by atoms with Crippen LogP contribution in [-0.4, -0.2) is 47.8 Å². The van der Waals surface area contributed by atoms with E-state index in [0.29, 0.717) is 6.10 Å². The van der Waals surface area contributed by atoms with Gasteiger partial charge in [-0.25, -0.2) is 0 Å². The van der Waals surface area contributed by atoms with Crippen LogP contribution in [0.4, 0.5) is 0 Å². The average Bonchev–Trinajstić information content (AvgIpc) is 3.20. The van der Waals surface area contributed by atoms with Gasteiger partial charge < -0.3 is 19.5 Å². The van der Waals surface area contributed by atoms with E-state index >= 15 is 0 Å². The summed E-state index contributed by atoms with van der Waals surface area (Å²) in [6.07, 6.45) is 5.08. The summed E-state index contributed by atoms with van der Waals surface area (Å²) in [6, 6.07) is 11.5. The normalized spacial score (nSPS) is 25.2. The molecule has 0 radical (unpaired) electrons. The van der Waals surface area contributed by atoms with Crippen LogP contribution in [0.3, 0.4) is 0 Å². The van der Waals surface area contributed by atoms with Crippen LogP contribution in [0, 0.1) is 11.8 Å². The molecule has 1 N–H and O–H groups in total. The Hall–Kier alpha value is -2.27. The minimum Gasteiger partial charge on any atom is -0.506 e. The number of methoxy groups -OCH3 is 1. The second kappa shape index (κ2) is 7.54. The number of nitrogens with zero attached hydrogens (tertiary/aromatic N) is 2. The summed E-state index contributed by atoms with van der Waals surface area (Å²) in [7, 11) is 1.68. The van der Waals surface area contributed by atoms with Crippen LogP contribution in [-0.2, 0) is 6.42 Å². The van der Waals surface area contributed by atoms with E-state index in [9.17, 15) is 5.11 Å². The third-order valence-corrected chi connectivity index (χ3v) is 5.64. The lowest BCUT2D eigenvalue weighted by molar-refractivity contribution is 0.186. The molecule has 5 nitrogen and oxygen atoms in total. The van der Waals surface area contributed by atoms with Gasteiger partial charge in [0.2, 0.25) is 0 Å². The number of likely N-dealkylation sites (tertiary alicyclic amines) is 1. The lowest BCUT2D eigenvalue weighted by Crippen LogP contribution is -2.26. The maximum atomic E-state index is 9.31. The van der Waals surface area contributed by atoms with Gasteiger partial charge in [-0.3, -0.25) is 4.98 Å². The van der Waals surface area contributed by atoms with E-state index in [0.717, 1.165) is 67.9 Å². The Labute approximate surface area is 154 Å². The molecule has 26 heavy (non-hydrogen) atoms. The zero-order valence-electron chi connectivity index (χ0n) is 15.2. The molecule has 2 atom stereocenters. The van der Waals surface area contributed by atoms with Gasteiger partial charge in [-0.15, -0.1) is 0 Å². The third-order valence-electron chi connectivity index (χ3n) is 5.64. The van der Waals surface area contributed by atoms with E-state index < -0.39 is 0 Å². The summed E-state index contributed by atoms with van der Waals surface area (Å²) in [5, 5.41) is 9.31. The summed E-state index contributed by atoms with van der Waals surface area (Å²) in [6.45, 7) is 3.35. The minimum atomic E-state index is 0.229. The highest BCUT2D eigenvalue weighted by Crippen LogP contribution is 2.39. The highest BCUT2D eigenvalue weighted by Gasteiger charge is 2.41. The molecule has 1 saturated carbocycles. The molecule has 2 aromatic rings. The van der Waals surface area contributed by atoms with Crippen molar-refractivity contribution in [1.82, 2.24) is 9.88 Å². The van der Waals surface area contributed by atoms with Crippen molar-refractivity contribution in [3.8, 4) is 17.2 Å². The summed E-state index contributed by atoms with van der Waals surface area (Å²) in [5.41, 5.74) is 1.04. The third kappa shape index (κ3) is 3.93. The first-order valence-electron chi connectivity index (χ1n) is 9.36. The summed E-state index contributed by atoms with van der Waals surface area (Å²) in [4.78, 5) is 6.83. The van der Waals surface area contributed by atoms with Gasteiger partial charge in [-0.1, -0.05) is 0 Å². The summed E-state index contributed by atoms with van der Waals surface area (Å²) >= 11 is 0. The van der Waals surface area contributed by atoms with Gasteiger partial charge in [0.25, 0.3) is 0 Å². The lowest BCUT2D eigenvalue weighted by Gasteiger charge is -2.19. The van der Waals surface area contributed by atoms with Crippen LogP contribution in [0.2, 0.25) is 0 Å². The zero-order chi connectivity index (χ0) is 17.9. The Morgan fingerprint density at radius 3 is 2.35 bits per heavy atom. The second-order valence-electron chi connectivity index (χ2n) is 7.42. The van der Waals surface area contributed by atoms with Crippen molar-refractivity contribution < 1.29 is 14.6 Å². The SMILES string of the molecule is COc1ccc(OC2CC3CN(CCc4ccc(O)cn4)CC3C2)cc1. The highest BCUT2D eigenvalue weighted by molar-refractivity contribution is 5.31. The first-order chi connectivity index (χ1) is 12.7. The van der Waals surface area contributed by atoms with Gasteiger partial charge in [-0.05, 0) is 61.1 Å². The fraction of sp³-hybridized carbons (Fsp3) is 0.476. The molecular formula is C21H26N2O3. The monoisotopic (exact) mass is 354 g/mol. The Morgan fingerprint density at radius 2 is 1.73 bits per heavy atom. The van der Waals surface area contributed by atoms with Crippen LogP contribution < -0.4 is 9.47 Å². The van der Waals surface area contributed by atoms with E-state index in [1.54, 1.807) is 13.2 Å². The number of aromatic nitrogens is 1. The number of ether oxygens (including phenoxy) is 2. The molecule has 2 fully saturated rings. The molecule has 138 valence electrons. The molecular weight excluding hydrogens is 328 g/mol. The molecule has 1 aliphatic heterocycles. The maximum absolute atomic E-state index is 9.31. The van der Waals surface area contributed by atoms with Crippen molar-refractivity contribution in [2.45, 2.75) is 25.4 Å². The number of rotatable bonds is 6. The van der Waals surface area contributed by atoms with Gasteiger partial charge in [0.15, 0.2) is 0 Å². The van der Waals surface area contributed by atoms with Crippen molar-refractivity contribution in [3.63, 3.8) is 0 Å². The molecule has 0 spiro atoms. The molecule has 2 aliphatic rings. The predicted molar refractivity (Wildman–Crippen MR) is 99.7 cm³/mol. The fourth-order valence-corrected chi connectivity index (χ4v) is 4.30. The standard InChI is InChI=1S/C21H26N2O3/c1-25-19-4-6-20(7-5-19)26-21-10-15-13-23(14-16(15)11-21)9-8-17-2-3-18(24)12-22-17/h2-7,12,15-16,21,24H,8-11,13-14H2,1H3. The van der Waals surface area contributed by atoms with Crippen molar-refractivity contribution in [2.24, 2.45) is 11.8 Å². The van der Waals surface area contributed by atoms with Crippen LogP contribution in [0.1, 0.15) is 18.5 Å². The Morgan fingerprint density at radius 1 is 1.04 bits per heavy atom. The molecule has 0 bridgehead atoms. The molecule has 2 heterocycles. The molecule has 4 rings (SSSR count). The van der Waals surface area contributed by atoms with Crippen molar-refractivity contribution in [1.29, 1.82) is 0 Å². The first-order valence-corrected chi connectivity index (χ1v) is 9.36. The molecule has 2 unspecified atom stereocenters. The quantitative estimate of drug-likeness (QED) is 0.864. The lowest BCUT2D eigenvalue weighted by atomic mass is 10.0. The van der Waals surface area contributed by atoms with E-state index in [4.69, 9.17) is 9.47 Å². The Kier molecular flexibility index (Phi) is 4.98. The summed E-state index contributed by atoms with van der Waals surface area (Å²) in [5.74, 6) is 3.51. The van der Waals surface area contributed by atoms with Crippen LogP contribution >= 0.6 is 0 Å². The van der Waals surface area contributed by atoms with E-state index in [1.165, 1.54) is 6.20 Å². The van der Waals surface area contributed by atoms with Crippen LogP contribution in [0.15, 0.2) is 42.6 Å². The van der Waals surface area contributed by atoms with E-state index in [1.807, 2.05) is 30.3 Å². The smallest absolute Gasteiger partial charge is 0.133 e. The van der Waals surface area contributed by atoms with E-state index in [2.05, 4.69) is 9.88 Å². The van der Waals surface area contributed by atoms with Gasteiger partial charge in [0.05, 0.1) is 19.4 Å². The van der Waals surface area contributed by atoms with Gasteiger partial charge in [-0.2, -0.15) is 0 Å². The molecule has 1 aromatic heterocycles. The van der Waals surface area contributed by atoms with Crippen LogP contribution in [0.5, 0.6) is 17.2 Å². The van der Waals surface area contributed by atoms with E-state index in [-0.39, 0.29) is 5.75 Å². The number of aromatic hydroxyl groups is 1. The highest BCUT2D eigenvalue weighted by atomic mass is 16.5. The molecule has 1 aliphatic carbocycles. The number of pyridine rings is 1. The number of hydrogen-bond acceptors (Lipinski definition) is 5. The maximum Gasteiger partial charge on any atom is 0.133 e. The molecule has 1 aromatic carbocycles. The largest absolute Gasteiger partial charge is 0.506 e. The van der Waals surface area contributed by atoms with Crippen molar-refractivity contribution in [2.75, 3.05) is 26.7 Å². The van der Waals surface area contributed by atoms with Crippen molar-refractivity contribution >= 4 is 0 Å². The van der Waals surface area contributed by atoms with Gasteiger partial charge in [0.1, 0.15) is 17.2 Å².